The molecular weight excluding hydrogens is 701 g/mol. The lowest BCUT2D eigenvalue weighted by Crippen LogP contribution is -2.67. The number of carbonyl (C=O) groups is 2. The first-order chi connectivity index (χ1) is 25.0. The molecule has 52 heavy (non-hydrogen) atoms. The summed E-state index contributed by atoms with van der Waals surface area (Å²) in [6.07, 6.45) is 1.52. The number of nitrogens with zero attached hydrogens (tertiary/aromatic N) is 5. The third-order valence-electron chi connectivity index (χ3n) is 8.71. The fraction of sp³-hybridized carbons (Fsp3) is 0.324. The maximum absolute atomic E-state index is 13.5. The number of benzene rings is 3. The predicted octanol–water partition coefficient (Wildman–Crippen LogP) is 5.24. The lowest BCUT2D eigenvalue weighted by molar-refractivity contribution is -0.0313. The third kappa shape index (κ3) is 7.22. The second kappa shape index (κ2) is 15.6. The molecule has 1 aliphatic heterocycles. The Morgan fingerprint density at radius 2 is 1.33 bits per heavy atom. The fourth-order valence-electron chi connectivity index (χ4n) is 6.43. The van der Waals surface area contributed by atoms with E-state index >= 15 is 0 Å². The van der Waals surface area contributed by atoms with Gasteiger partial charge in [0.1, 0.15) is 31.7 Å². The average Bonchev–Trinajstić information content (AvgIpc) is 3.67. The molecule has 0 bridgehead atoms. The Balaban J connectivity index is 1.31. The number of anilines is 1. The van der Waals surface area contributed by atoms with Crippen molar-refractivity contribution < 1.29 is 37.2 Å². The van der Waals surface area contributed by atoms with Crippen molar-refractivity contribution in [3.05, 3.63) is 109 Å². The van der Waals surface area contributed by atoms with Gasteiger partial charge < -0.3 is 23.0 Å². The number of amides is 2. The van der Waals surface area contributed by atoms with Crippen molar-refractivity contribution in [3.63, 3.8) is 0 Å². The van der Waals surface area contributed by atoms with E-state index in [-0.39, 0.29) is 65.9 Å². The first-order valence-corrected chi connectivity index (χ1v) is 20.7. The number of hydrogen-bond acceptors (Lipinski definition) is 11. The molecule has 3 aromatic carbocycles. The topological polar surface area (TPSA) is 144 Å². The first-order valence-electron chi connectivity index (χ1n) is 17.1. The molecular formula is C37H42N5O8PSi. The molecule has 13 nitrogen and oxygen atoms in total. The molecule has 0 unspecified atom stereocenters. The number of hydrogen-bond donors (Lipinski definition) is 0. The molecule has 272 valence electrons. The highest BCUT2D eigenvalue weighted by molar-refractivity contribution is 7.53. The van der Waals surface area contributed by atoms with Gasteiger partial charge in [-0.05, 0) is 41.4 Å². The van der Waals surface area contributed by atoms with Crippen molar-refractivity contribution in [2.45, 2.75) is 45.8 Å². The van der Waals surface area contributed by atoms with E-state index in [4.69, 9.17) is 23.0 Å². The van der Waals surface area contributed by atoms with Crippen LogP contribution in [0, 0.1) is 0 Å². The Labute approximate surface area is 303 Å². The minimum atomic E-state index is -3.60. The van der Waals surface area contributed by atoms with Gasteiger partial charge in [-0.15, -0.1) is 0 Å². The van der Waals surface area contributed by atoms with Crippen LogP contribution in [0.5, 0.6) is 0 Å². The van der Waals surface area contributed by atoms with Gasteiger partial charge in [-0.3, -0.25) is 14.2 Å². The van der Waals surface area contributed by atoms with Crippen molar-refractivity contribution in [3.8, 4) is 0 Å². The zero-order chi connectivity index (χ0) is 36.9. The number of imide groups is 1. The van der Waals surface area contributed by atoms with Crippen LogP contribution in [0.2, 0.25) is 5.04 Å². The Bertz CT molecular complexity index is 1990. The van der Waals surface area contributed by atoms with Gasteiger partial charge in [-0.2, -0.15) is 4.73 Å². The van der Waals surface area contributed by atoms with Gasteiger partial charge in [0.05, 0.1) is 30.9 Å². The number of rotatable bonds is 16. The zero-order valence-electron chi connectivity index (χ0n) is 29.8. The highest BCUT2D eigenvalue weighted by Crippen LogP contribution is 2.48. The second-order valence-corrected chi connectivity index (χ2v) is 19.4. The van der Waals surface area contributed by atoms with E-state index in [1.807, 2.05) is 36.4 Å². The summed E-state index contributed by atoms with van der Waals surface area (Å²) in [5.41, 5.74) is 0.983. The molecule has 2 amide bonds. The minimum Gasteiger partial charge on any atom is -0.408 e. The number of carbonyl (C=O) groups excluding carboxylic acids is 2. The van der Waals surface area contributed by atoms with Crippen LogP contribution in [0.25, 0.3) is 11.2 Å². The van der Waals surface area contributed by atoms with Gasteiger partial charge >= 0.3 is 7.60 Å². The van der Waals surface area contributed by atoms with E-state index in [1.54, 1.807) is 38.1 Å². The molecule has 0 radical (unpaired) electrons. The molecule has 0 fully saturated rings. The van der Waals surface area contributed by atoms with Crippen LogP contribution in [-0.2, 0) is 22.8 Å². The van der Waals surface area contributed by atoms with E-state index in [1.165, 1.54) is 17.4 Å². The standard InChI is InChI=1S/C37H42N5O8PSi/c1-6-48-51(45,49-7-2)26-46-27(23-50-52(37(3,4)5,28-16-10-8-11-17-28)29-18-12-9-13-19-29)22-47-41-25-40-32-33(41)38-24-39-34(32)42-35(43)30-20-14-15-21-31(30)36(42)44/h8-21,24-25,27H,6-7,22-23,26H2,1-5H3/t27-/m0/s1. The van der Waals surface area contributed by atoms with Crippen molar-refractivity contribution in [2.24, 2.45) is 0 Å². The number of ether oxygens (including phenoxy) is 1. The number of aromatic nitrogens is 4. The molecule has 2 aromatic heterocycles. The molecule has 15 heteroatoms. The molecule has 1 aliphatic rings. The van der Waals surface area contributed by atoms with Crippen molar-refractivity contribution in [1.29, 1.82) is 0 Å². The van der Waals surface area contributed by atoms with Crippen LogP contribution >= 0.6 is 7.60 Å². The molecule has 6 rings (SSSR count). The Kier molecular flexibility index (Phi) is 11.1. The van der Waals surface area contributed by atoms with Crippen LogP contribution in [0.1, 0.15) is 55.3 Å². The largest absolute Gasteiger partial charge is 0.408 e. The molecule has 1 atom stereocenters. The van der Waals surface area contributed by atoms with Crippen molar-refractivity contribution in [2.75, 3.05) is 37.7 Å². The maximum atomic E-state index is 13.5. The summed E-state index contributed by atoms with van der Waals surface area (Å²) >= 11 is 0. The van der Waals surface area contributed by atoms with E-state index in [0.29, 0.717) is 0 Å². The lowest BCUT2D eigenvalue weighted by Gasteiger charge is -2.43. The second-order valence-electron chi connectivity index (χ2n) is 13.1. The van der Waals surface area contributed by atoms with Crippen molar-refractivity contribution >= 4 is 55.1 Å². The van der Waals surface area contributed by atoms with Gasteiger partial charge in [0, 0.05) is 0 Å². The van der Waals surface area contributed by atoms with Gasteiger partial charge in [0.25, 0.3) is 20.1 Å². The Hall–Kier alpha value is -4.56. The molecule has 0 N–H and O–H groups in total. The maximum Gasteiger partial charge on any atom is 0.356 e. The van der Waals surface area contributed by atoms with E-state index in [2.05, 4.69) is 60.0 Å². The normalized spacial score (nSPS) is 14.2. The summed E-state index contributed by atoms with van der Waals surface area (Å²) in [6.45, 7) is 10.3. The molecule has 5 aromatic rings. The van der Waals surface area contributed by atoms with E-state index < -0.39 is 33.8 Å². The molecule has 0 saturated heterocycles. The summed E-state index contributed by atoms with van der Waals surface area (Å²) in [6, 6.07) is 27.0. The summed E-state index contributed by atoms with van der Waals surface area (Å²) in [7, 11) is -6.59. The van der Waals surface area contributed by atoms with Gasteiger partial charge in [0.2, 0.25) is 5.65 Å². The fourth-order valence-corrected chi connectivity index (χ4v) is 12.4. The SMILES string of the molecule is CCOP(=O)(CO[C@@H](COn1cnc2c(N3C(=O)c4ccccc4C3=O)ncnc21)CO[Si](c1ccccc1)(c1ccccc1)C(C)(C)C)OCC. The molecule has 0 aliphatic carbocycles. The monoisotopic (exact) mass is 743 g/mol. The number of imidazole rings is 1. The smallest absolute Gasteiger partial charge is 0.356 e. The Morgan fingerprint density at radius 1 is 0.769 bits per heavy atom. The van der Waals surface area contributed by atoms with Crippen LogP contribution in [0.3, 0.4) is 0 Å². The highest BCUT2D eigenvalue weighted by atomic mass is 31.2. The van der Waals surface area contributed by atoms with Crippen LogP contribution in [0.15, 0.2) is 97.6 Å². The Morgan fingerprint density at radius 3 is 1.87 bits per heavy atom. The zero-order valence-corrected chi connectivity index (χ0v) is 31.7. The summed E-state index contributed by atoms with van der Waals surface area (Å²) in [4.78, 5) is 46.7. The molecule has 0 saturated carbocycles. The predicted molar refractivity (Wildman–Crippen MR) is 199 cm³/mol. The summed E-state index contributed by atoms with van der Waals surface area (Å²) in [5, 5.41) is 1.85. The highest BCUT2D eigenvalue weighted by Gasteiger charge is 2.50. The van der Waals surface area contributed by atoms with Crippen LogP contribution < -0.4 is 20.1 Å². The van der Waals surface area contributed by atoms with E-state index in [0.717, 1.165) is 15.3 Å². The van der Waals surface area contributed by atoms with Gasteiger partial charge in [-0.25, -0.2) is 19.9 Å². The summed E-state index contributed by atoms with van der Waals surface area (Å²) in [5.74, 6) is -0.966. The van der Waals surface area contributed by atoms with Gasteiger partial charge in [0.15, 0.2) is 11.3 Å². The van der Waals surface area contributed by atoms with E-state index in [9.17, 15) is 14.2 Å². The van der Waals surface area contributed by atoms with Crippen molar-refractivity contribution in [1.82, 2.24) is 19.7 Å². The van der Waals surface area contributed by atoms with Crippen LogP contribution in [0.4, 0.5) is 5.82 Å². The molecule has 3 heterocycles. The minimum absolute atomic E-state index is 0.0377. The lowest BCUT2D eigenvalue weighted by atomic mass is 10.1. The van der Waals surface area contributed by atoms with Gasteiger partial charge in [-0.1, -0.05) is 93.6 Å². The summed E-state index contributed by atoms with van der Waals surface area (Å²) < 4.78 is 39.2. The average molecular weight is 744 g/mol. The quantitative estimate of drug-likeness (QED) is 0.0744. The number of fused-ring (bicyclic) bond motifs is 2. The third-order valence-corrected chi connectivity index (χ3v) is 15.5. The molecule has 0 spiro atoms. The first kappa shape index (κ1) is 37.2. The van der Waals surface area contributed by atoms with Crippen LogP contribution in [-0.4, -0.2) is 78.7 Å².